The van der Waals surface area contributed by atoms with Gasteiger partial charge >= 0.3 is 0 Å². The van der Waals surface area contributed by atoms with Crippen LogP contribution in [0.15, 0.2) is 16.9 Å². The number of fused-ring (bicyclic) bond motifs is 2. The lowest BCUT2D eigenvalue weighted by Gasteiger charge is -2.20. The normalized spacial score (nSPS) is 29.6. The molecule has 0 aromatic carbocycles. The fraction of sp³-hybridized carbons (Fsp3) is 0.667. The molecule has 1 amide bonds. The lowest BCUT2D eigenvalue weighted by Crippen LogP contribution is -2.38. The van der Waals surface area contributed by atoms with Gasteiger partial charge in [0.2, 0.25) is 15.9 Å². The average Bonchev–Trinajstić information content (AvgIpc) is 3.02. The van der Waals surface area contributed by atoms with E-state index in [1.54, 1.807) is 0 Å². The van der Waals surface area contributed by atoms with Crippen molar-refractivity contribution >= 4 is 15.9 Å². The van der Waals surface area contributed by atoms with Gasteiger partial charge in [0.25, 0.3) is 0 Å². The molecule has 3 atom stereocenters. The first-order chi connectivity index (χ1) is 9.03. The van der Waals surface area contributed by atoms with E-state index in [1.165, 1.54) is 18.8 Å². The molecular weight excluding hydrogens is 268 g/mol. The molecule has 104 valence electrons. The number of rotatable bonds is 4. The van der Waals surface area contributed by atoms with Gasteiger partial charge in [0.05, 0.1) is 0 Å². The molecule has 3 rings (SSSR count). The van der Waals surface area contributed by atoms with E-state index in [4.69, 9.17) is 0 Å². The van der Waals surface area contributed by atoms with Crippen molar-refractivity contribution in [2.24, 2.45) is 17.8 Å². The second-order valence-corrected chi connectivity index (χ2v) is 7.22. The molecule has 2 saturated carbocycles. The van der Waals surface area contributed by atoms with Crippen LogP contribution < -0.4 is 4.72 Å². The average molecular weight is 284 g/mol. The maximum absolute atomic E-state index is 12.0. The summed E-state index contributed by atoms with van der Waals surface area (Å²) in [5.74, 6) is 0.170. The zero-order valence-corrected chi connectivity index (χ0v) is 11.2. The van der Waals surface area contributed by atoms with Crippen molar-refractivity contribution in [3.63, 3.8) is 0 Å². The van der Waals surface area contributed by atoms with E-state index >= 15 is 0 Å². The van der Waals surface area contributed by atoms with E-state index in [0.29, 0.717) is 17.5 Å². The van der Waals surface area contributed by atoms with Crippen molar-refractivity contribution in [1.82, 2.24) is 9.88 Å². The predicted octanol–water partition coefficient (Wildman–Crippen LogP) is 1.06. The van der Waals surface area contributed by atoms with Crippen molar-refractivity contribution in [3.05, 3.63) is 18.0 Å². The summed E-state index contributed by atoms with van der Waals surface area (Å²) in [6, 6.07) is 1.47. The van der Waals surface area contributed by atoms with Gasteiger partial charge in [-0.2, -0.15) is 0 Å². The Morgan fingerprint density at radius 3 is 2.84 bits per heavy atom. The Morgan fingerprint density at radius 1 is 1.42 bits per heavy atom. The third kappa shape index (κ3) is 2.65. The minimum Gasteiger partial charge on any atom is -0.364 e. The predicted molar refractivity (Wildman–Crippen MR) is 66.2 cm³/mol. The highest BCUT2D eigenvalue weighted by atomic mass is 32.2. The Hall–Kier alpha value is -1.37. The van der Waals surface area contributed by atoms with Gasteiger partial charge in [-0.25, -0.2) is 8.42 Å². The molecule has 1 heterocycles. The lowest BCUT2D eigenvalue weighted by atomic mass is 9.88. The minimum atomic E-state index is -3.68. The molecule has 1 aromatic rings. The van der Waals surface area contributed by atoms with Crippen LogP contribution in [0.25, 0.3) is 0 Å². The van der Waals surface area contributed by atoms with Gasteiger partial charge in [0.1, 0.15) is 17.7 Å². The summed E-state index contributed by atoms with van der Waals surface area (Å²) >= 11 is 0. The first kappa shape index (κ1) is 12.7. The third-order valence-electron chi connectivity index (χ3n) is 4.16. The second-order valence-electron chi connectivity index (χ2n) is 5.50. The molecule has 0 radical (unpaired) electrons. The van der Waals surface area contributed by atoms with E-state index in [-0.39, 0.29) is 17.6 Å². The second kappa shape index (κ2) is 4.63. The molecular formula is C12H16N2O4S. The monoisotopic (exact) mass is 284 g/mol. The van der Waals surface area contributed by atoms with Crippen LogP contribution in [0.5, 0.6) is 0 Å². The van der Waals surface area contributed by atoms with Gasteiger partial charge < -0.3 is 4.52 Å². The van der Waals surface area contributed by atoms with Crippen molar-refractivity contribution in [3.8, 4) is 0 Å². The standard InChI is InChI=1S/C12H16N2O4S/c15-12(11-6-8-1-2-9(11)5-8)14-19(16,17)7-10-3-4-18-13-10/h3-4,8-9,11H,1-2,5-7H2,(H,14,15). The molecule has 2 bridgehead atoms. The van der Waals surface area contributed by atoms with E-state index in [9.17, 15) is 13.2 Å². The summed E-state index contributed by atoms with van der Waals surface area (Å²) < 4.78 is 30.5. The topological polar surface area (TPSA) is 89.3 Å². The van der Waals surface area contributed by atoms with Crippen LogP contribution in [-0.2, 0) is 20.6 Å². The number of carbonyl (C=O) groups is 1. The number of aromatic nitrogens is 1. The third-order valence-corrected chi connectivity index (χ3v) is 5.35. The Balaban J connectivity index is 1.62. The van der Waals surface area contributed by atoms with E-state index in [1.807, 2.05) is 0 Å². The number of hydrogen-bond acceptors (Lipinski definition) is 5. The number of carbonyl (C=O) groups excluding carboxylic acids is 1. The fourth-order valence-electron chi connectivity index (χ4n) is 3.34. The van der Waals surface area contributed by atoms with E-state index in [0.717, 1.165) is 19.3 Å². The zero-order valence-electron chi connectivity index (χ0n) is 10.4. The van der Waals surface area contributed by atoms with Crippen molar-refractivity contribution in [2.45, 2.75) is 31.4 Å². The molecule has 7 heteroatoms. The first-order valence-corrected chi connectivity index (χ1v) is 8.12. The Morgan fingerprint density at radius 2 is 2.26 bits per heavy atom. The molecule has 6 nitrogen and oxygen atoms in total. The van der Waals surface area contributed by atoms with Crippen LogP contribution in [-0.4, -0.2) is 19.5 Å². The van der Waals surface area contributed by atoms with Crippen LogP contribution in [0.2, 0.25) is 0 Å². The molecule has 2 aliphatic carbocycles. The lowest BCUT2D eigenvalue weighted by molar-refractivity contribution is -0.124. The Labute approximate surface area is 111 Å². The minimum absolute atomic E-state index is 0.133. The maximum atomic E-state index is 12.0. The largest absolute Gasteiger partial charge is 0.364 e. The van der Waals surface area contributed by atoms with Gasteiger partial charge in [-0.05, 0) is 31.1 Å². The fourth-order valence-corrected chi connectivity index (χ4v) is 4.41. The molecule has 2 aliphatic rings. The molecule has 1 N–H and O–H groups in total. The highest BCUT2D eigenvalue weighted by molar-refractivity contribution is 7.89. The van der Waals surface area contributed by atoms with Crippen molar-refractivity contribution in [1.29, 1.82) is 0 Å². The molecule has 2 fully saturated rings. The molecule has 3 unspecified atom stereocenters. The maximum Gasteiger partial charge on any atom is 0.240 e. The molecule has 0 saturated heterocycles. The molecule has 0 aliphatic heterocycles. The van der Waals surface area contributed by atoms with Crippen LogP contribution in [0.3, 0.4) is 0 Å². The van der Waals surface area contributed by atoms with Gasteiger partial charge in [-0.1, -0.05) is 11.6 Å². The summed E-state index contributed by atoms with van der Waals surface area (Å²) in [6.45, 7) is 0. The van der Waals surface area contributed by atoms with Gasteiger partial charge in [-0.15, -0.1) is 0 Å². The summed E-state index contributed by atoms with van der Waals surface area (Å²) in [5.41, 5.74) is 0.299. The van der Waals surface area contributed by atoms with Crippen molar-refractivity contribution < 1.29 is 17.7 Å². The van der Waals surface area contributed by atoms with E-state index < -0.39 is 10.0 Å². The highest BCUT2D eigenvalue weighted by Gasteiger charge is 2.43. The Kier molecular flexibility index (Phi) is 3.08. The quantitative estimate of drug-likeness (QED) is 0.893. The summed E-state index contributed by atoms with van der Waals surface area (Å²) in [4.78, 5) is 12.0. The molecule has 1 aromatic heterocycles. The summed E-state index contributed by atoms with van der Waals surface area (Å²) in [6.07, 6.45) is 5.44. The van der Waals surface area contributed by atoms with Crippen molar-refractivity contribution in [2.75, 3.05) is 0 Å². The molecule has 0 spiro atoms. The summed E-state index contributed by atoms with van der Waals surface area (Å²) in [5, 5.41) is 3.54. The van der Waals surface area contributed by atoms with Crippen LogP contribution >= 0.6 is 0 Å². The number of hydrogen-bond donors (Lipinski definition) is 1. The van der Waals surface area contributed by atoms with E-state index in [2.05, 4.69) is 14.4 Å². The van der Waals surface area contributed by atoms with Crippen LogP contribution in [0, 0.1) is 17.8 Å². The highest BCUT2D eigenvalue weighted by Crippen LogP contribution is 2.48. The SMILES string of the molecule is O=C(NS(=O)(=O)Cc1ccon1)C1CC2CCC1C2. The zero-order chi connectivity index (χ0) is 13.5. The first-order valence-electron chi connectivity index (χ1n) is 6.47. The van der Waals surface area contributed by atoms with Crippen LogP contribution in [0.4, 0.5) is 0 Å². The van der Waals surface area contributed by atoms with Crippen LogP contribution in [0.1, 0.15) is 31.4 Å². The smallest absolute Gasteiger partial charge is 0.240 e. The van der Waals surface area contributed by atoms with Gasteiger partial charge in [-0.3, -0.25) is 9.52 Å². The van der Waals surface area contributed by atoms with Gasteiger partial charge in [0, 0.05) is 12.0 Å². The number of nitrogens with one attached hydrogen (secondary N) is 1. The summed E-state index contributed by atoms with van der Waals surface area (Å²) in [7, 11) is -3.68. The number of sulfonamides is 1. The molecule has 19 heavy (non-hydrogen) atoms. The number of amides is 1. The Bertz CT molecular complexity index is 567. The van der Waals surface area contributed by atoms with Gasteiger partial charge in [0.15, 0.2) is 0 Å². The number of nitrogens with zero attached hydrogens (tertiary/aromatic N) is 1.